The maximum absolute atomic E-state index is 6.50. The van der Waals surface area contributed by atoms with E-state index in [9.17, 15) is 0 Å². The van der Waals surface area contributed by atoms with E-state index in [1.54, 1.807) is 0 Å². The maximum atomic E-state index is 6.50. The summed E-state index contributed by atoms with van der Waals surface area (Å²) in [6.45, 7) is 16.6. The molecule has 0 aliphatic carbocycles. The van der Waals surface area contributed by atoms with Gasteiger partial charge in [-0.15, -0.1) is 0 Å². The molecule has 24 heavy (non-hydrogen) atoms. The largest absolute Gasteiger partial charge is 0.392 e. The maximum Gasteiger partial charge on any atom is 0.343 e. The van der Waals surface area contributed by atoms with Crippen LogP contribution in [-0.2, 0) is 15.5 Å². The van der Waals surface area contributed by atoms with Gasteiger partial charge in [-0.3, -0.25) is 0 Å². The SMILES string of the molecule is Cc1ccc(CO[Si](OCC(N)CC(C)C)(C(C)C)C(C)C)cc1. The Morgan fingerprint density at radius 2 is 1.46 bits per heavy atom. The molecule has 0 heterocycles. The summed E-state index contributed by atoms with van der Waals surface area (Å²) < 4.78 is 12.9. The molecule has 1 atom stereocenters. The first kappa shape index (κ1) is 21.4. The molecule has 0 fully saturated rings. The minimum Gasteiger partial charge on any atom is -0.392 e. The first-order valence-corrected chi connectivity index (χ1v) is 11.2. The van der Waals surface area contributed by atoms with Crippen LogP contribution < -0.4 is 5.73 Å². The lowest BCUT2D eigenvalue weighted by atomic mass is 10.1. The van der Waals surface area contributed by atoms with Crippen LogP contribution in [0.25, 0.3) is 0 Å². The van der Waals surface area contributed by atoms with E-state index < -0.39 is 8.56 Å². The molecule has 0 spiro atoms. The number of benzene rings is 1. The van der Waals surface area contributed by atoms with E-state index in [1.165, 1.54) is 11.1 Å². The highest BCUT2D eigenvalue weighted by Gasteiger charge is 2.45. The Balaban J connectivity index is 2.79. The Bertz CT molecular complexity index is 463. The fourth-order valence-corrected chi connectivity index (χ4v) is 6.78. The molecular formula is C20H37NO2Si. The monoisotopic (exact) mass is 351 g/mol. The number of hydrogen-bond acceptors (Lipinski definition) is 3. The Morgan fingerprint density at radius 3 is 1.92 bits per heavy atom. The standard InChI is InChI=1S/C20H37NO2Si/c1-15(2)12-20(21)14-23-24(16(3)4,17(5)6)22-13-19-10-8-18(7)9-11-19/h8-11,15-17,20H,12-14,21H2,1-7H3. The lowest BCUT2D eigenvalue weighted by Crippen LogP contribution is -2.50. The highest BCUT2D eigenvalue weighted by Crippen LogP contribution is 2.35. The lowest BCUT2D eigenvalue weighted by molar-refractivity contribution is 0.134. The molecule has 1 aromatic rings. The van der Waals surface area contributed by atoms with Gasteiger partial charge in [-0.2, -0.15) is 0 Å². The predicted octanol–water partition coefficient (Wildman–Crippen LogP) is 5.16. The summed E-state index contributed by atoms with van der Waals surface area (Å²) in [5.41, 5.74) is 9.49. The van der Waals surface area contributed by atoms with Crippen LogP contribution in [0.5, 0.6) is 0 Å². The topological polar surface area (TPSA) is 44.5 Å². The lowest BCUT2D eigenvalue weighted by Gasteiger charge is -2.38. The van der Waals surface area contributed by atoms with Crippen LogP contribution in [0.2, 0.25) is 11.1 Å². The van der Waals surface area contributed by atoms with Gasteiger partial charge < -0.3 is 14.6 Å². The van der Waals surface area contributed by atoms with Crippen LogP contribution in [0.4, 0.5) is 0 Å². The molecule has 0 saturated carbocycles. The zero-order valence-corrected chi connectivity index (χ0v) is 17.6. The summed E-state index contributed by atoms with van der Waals surface area (Å²) in [4.78, 5) is 0. The van der Waals surface area contributed by atoms with Gasteiger partial charge in [-0.1, -0.05) is 71.4 Å². The highest BCUT2D eigenvalue weighted by molar-refractivity contribution is 6.70. The van der Waals surface area contributed by atoms with Gasteiger partial charge in [0.15, 0.2) is 0 Å². The number of aryl methyl sites for hydroxylation is 1. The van der Waals surface area contributed by atoms with E-state index in [2.05, 4.69) is 72.7 Å². The van der Waals surface area contributed by atoms with Crippen molar-refractivity contribution < 1.29 is 8.85 Å². The molecule has 2 N–H and O–H groups in total. The van der Waals surface area contributed by atoms with E-state index >= 15 is 0 Å². The molecule has 3 nitrogen and oxygen atoms in total. The van der Waals surface area contributed by atoms with E-state index in [0.29, 0.717) is 30.2 Å². The van der Waals surface area contributed by atoms with Crippen molar-refractivity contribution in [1.29, 1.82) is 0 Å². The Morgan fingerprint density at radius 1 is 0.917 bits per heavy atom. The average molecular weight is 352 g/mol. The van der Waals surface area contributed by atoms with Gasteiger partial charge in [0.1, 0.15) is 0 Å². The molecule has 1 rings (SSSR count). The van der Waals surface area contributed by atoms with E-state index in [4.69, 9.17) is 14.6 Å². The molecular weight excluding hydrogens is 314 g/mol. The molecule has 0 saturated heterocycles. The summed E-state index contributed by atoms with van der Waals surface area (Å²) >= 11 is 0. The van der Waals surface area contributed by atoms with Gasteiger partial charge in [-0.05, 0) is 35.9 Å². The number of nitrogens with two attached hydrogens (primary N) is 1. The smallest absolute Gasteiger partial charge is 0.343 e. The van der Waals surface area contributed by atoms with Crippen molar-refractivity contribution >= 4 is 8.56 Å². The second kappa shape index (κ2) is 9.71. The van der Waals surface area contributed by atoms with Crippen molar-refractivity contribution in [2.75, 3.05) is 6.61 Å². The Labute approximate surface area is 150 Å². The third-order valence-electron chi connectivity index (χ3n) is 4.49. The normalized spacial score (nSPS) is 14.0. The van der Waals surface area contributed by atoms with Gasteiger partial charge in [0.25, 0.3) is 0 Å². The second-order valence-corrected chi connectivity index (χ2v) is 12.3. The Kier molecular flexibility index (Phi) is 8.64. The third kappa shape index (κ3) is 6.32. The molecule has 1 unspecified atom stereocenters. The van der Waals surface area contributed by atoms with Crippen LogP contribution in [0, 0.1) is 12.8 Å². The van der Waals surface area contributed by atoms with Crippen LogP contribution >= 0.6 is 0 Å². The van der Waals surface area contributed by atoms with Crippen molar-refractivity contribution in [3.8, 4) is 0 Å². The summed E-state index contributed by atoms with van der Waals surface area (Å²) in [5, 5.41) is 0. The molecule has 0 radical (unpaired) electrons. The molecule has 0 aromatic heterocycles. The Hall–Kier alpha value is -0.683. The van der Waals surface area contributed by atoms with Crippen LogP contribution in [0.15, 0.2) is 24.3 Å². The summed E-state index contributed by atoms with van der Waals surface area (Å²) in [6, 6.07) is 8.62. The zero-order chi connectivity index (χ0) is 18.3. The molecule has 0 bridgehead atoms. The number of hydrogen-bond donors (Lipinski definition) is 1. The van der Waals surface area contributed by atoms with Gasteiger partial charge in [-0.25, -0.2) is 0 Å². The molecule has 0 aliphatic rings. The van der Waals surface area contributed by atoms with E-state index in [1.807, 2.05) is 0 Å². The predicted molar refractivity (Wildman–Crippen MR) is 105 cm³/mol. The molecule has 138 valence electrons. The van der Waals surface area contributed by atoms with Crippen molar-refractivity contribution in [2.24, 2.45) is 11.7 Å². The van der Waals surface area contributed by atoms with Crippen molar-refractivity contribution in [3.05, 3.63) is 35.4 Å². The first-order chi connectivity index (χ1) is 11.2. The molecule has 0 amide bonds. The number of rotatable bonds is 10. The van der Waals surface area contributed by atoms with Gasteiger partial charge in [0, 0.05) is 6.04 Å². The van der Waals surface area contributed by atoms with Crippen LogP contribution in [0.3, 0.4) is 0 Å². The van der Waals surface area contributed by atoms with Crippen LogP contribution in [-0.4, -0.2) is 21.2 Å². The zero-order valence-electron chi connectivity index (χ0n) is 16.6. The van der Waals surface area contributed by atoms with E-state index in [0.717, 1.165) is 6.42 Å². The van der Waals surface area contributed by atoms with Gasteiger partial charge in [0.05, 0.1) is 13.2 Å². The van der Waals surface area contributed by atoms with E-state index in [-0.39, 0.29) is 6.04 Å². The summed E-state index contributed by atoms with van der Waals surface area (Å²) in [7, 11) is -2.34. The molecule has 4 heteroatoms. The van der Waals surface area contributed by atoms with Gasteiger partial charge in [0.2, 0.25) is 0 Å². The minimum atomic E-state index is -2.34. The first-order valence-electron chi connectivity index (χ1n) is 9.26. The molecule has 1 aromatic carbocycles. The second-order valence-electron chi connectivity index (χ2n) is 8.01. The molecule has 0 aliphatic heterocycles. The van der Waals surface area contributed by atoms with Crippen molar-refractivity contribution in [2.45, 2.75) is 78.6 Å². The summed E-state index contributed by atoms with van der Waals surface area (Å²) in [5.74, 6) is 0.589. The fourth-order valence-electron chi connectivity index (χ4n) is 3.17. The minimum absolute atomic E-state index is 0.0809. The van der Waals surface area contributed by atoms with Gasteiger partial charge >= 0.3 is 8.56 Å². The van der Waals surface area contributed by atoms with Crippen molar-refractivity contribution in [3.63, 3.8) is 0 Å². The average Bonchev–Trinajstić information content (AvgIpc) is 2.47. The fraction of sp³-hybridized carbons (Fsp3) is 0.700. The summed E-state index contributed by atoms with van der Waals surface area (Å²) in [6.07, 6.45) is 0.985. The quantitative estimate of drug-likeness (QED) is 0.592. The van der Waals surface area contributed by atoms with Crippen molar-refractivity contribution in [1.82, 2.24) is 0 Å². The highest BCUT2D eigenvalue weighted by atomic mass is 28.4. The third-order valence-corrected chi connectivity index (χ3v) is 8.92. The van der Waals surface area contributed by atoms with Crippen LogP contribution in [0.1, 0.15) is 59.1 Å².